The zero-order valence-corrected chi connectivity index (χ0v) is 14.3. The van der Waals surface area contributed by atoms with E-state index in [0.717, 1.165) is 11.8 Å². The smallest absolute Gasteiger partial charge is 0.345 e. The molecule has 1 aromatic rings. The van der Waals surface area contributed by atoms with Crippen LogP contribution < -0.4 is 0 Å². The van der Waals surface area contributed by atoms with Gasteiger partial charge in [-0.2, -0.15) is 17.2 Å². The highest BCUT2D eigenvalue weighted by Gasteiger charge is 2.35. The summed E-state index contributed by atoms with van der Waals surface area (Å²) in [6, 6.07) is 5.71. The van der Waals surface area contributed by atoms with Gasteiger partial charge in [-0.05, 0) is 24.1 Å². The third-order valence-corrected chi connectivity index (χ3v) is 4.42. The number of ether oxygens (including phenoxy) is 1. The molecule has 140 valence electrons. The number of carbonyl (C=O) groups is 1. The predicted molar refractivity (Wildman–Crippen MR) is 83.9 cm³/mol. The summed E-state index contributed by atoms with van der Waals surface area (Å²) in [5.41, 5.74) is 0.910. The molecule has 7 nitrogen and oxygen atoms in total. The molecule has 1 heterocycles. The lowest BCUT2D eigenvalue weighted by Gasteiger charge is -2.23. The first-order valence-electron chi connectivity index (χ1n) is 7.48. The SMILES string of the molecule is CS(=O)(=O)O[C@@H]1C[C@@H](COC(F)F)N(Cc2ccc(C(=O)O)cc2)C1. The van der Waals surface area contributed by atoms with Gasteiger partial charge in [0.1, 0.15) is 0 Å². The molecule has 1 aliphatic rings. The Bertz CT molecular complexity index is 694. The summed E-state index contributed by atoms with van der Waals surface area (Å²) < 4.78 is 56.5. The van der Waals surface area contributed by atoms with Crippen LogP contribution >= 0.6 is 0 Å². The number of benzene rings is 1. The van der Waals surface area contributed by atoms with E-state index in [4.69, 9.17) is 9.29 Å². The van der Waals surface area contributed by atoms with E-state index in [2.05, 4.69) is 4.74 Å². The van der Waals surface area contributed by atoms with E-state index < -0.39 is 34.8 Å². The van der Waals surface area contributed by atoms with Crippen molar-refractivity contribution in [1.82, 2.24) is 4.90 Å². The lowest BCUT2D eigenvalue weighted by atomic mass is 10.1. The van der Waals surface area contributed by atoms with Crippen molar-refractivity contribution in [1.29, 1.82) is 0 Å². The Morgan fingerprint density at radius 2 is 2.00 bits per heavy atom. The van der Waals surface area contributed by atoms with Crippen LogP contribution in [0.4, 0.5) is 8.78 Å². The molecule has 1 N–H and O–H groups in total. The molecular formula is C15H19F2NO6S. The highest BCUT2D eigenvalue weighted by atomic mass is 32.2. The van der Waals surface area contributed by atoms with Crippen LogP contribution in [0, 0.1) is 0 Å². The Balaban J connectivity index is 2.06. The maximum absolute atomic E-state index is 12.3. The molecule has 25 heavy (non-hydrogen) atoms. The van der Waals surface area contributed by atoms with Gasteiger partial charge < -0.3 is 9.84 Å². The molecule has 0 bridgehead atoms. The number of halogens is 2. The molecule has 0 unspecified atom stereocenters. The van der Waals surface area contributed by atoms with Gasteiger partial charge in [0.15, 0.2) is 0 Å². The minimum absolute atomic E-state index is 0.140. The number of carboxylic acids is 1. The molecule has 2 atom stereocenters. The van der Waals surface area contributed by atoms with Gasteiger partial charge in [0.25, 0.3) is 10.1 Å². The molecule has 0 radical (unpaired) electrons. The first-order valence-corrected chi connectivity index (χ1v) is 9.30. The van der Waals surface area contributed by atoms with E-state index in [1.807, 2.05) is 0 Å². The van der Waals surface area contributed by atoms with E-state index in [0.29, 0.717) is 6.54 Å². The molecule has 1 aromatic carbocycles. The van der Waals surface area contributed by atoms with E-state index in [9.17, 15) is 22.0 Å². The van der Waals surface area contributed by atoms with Gasteiger partial charge in [0.2, 0.25) is 0 Å². The number of hydrogen-bond donors (Lipinski definition) is 1. The highest BCUT2D eigenvalue weighted by Crippen LogP contribution is 2.24. The number of rotatable bonds is 8. The summed E-state index contributed by atoms with van der Waals surface area (Å²) in [4.78, 5) is 12.6. The van der Waals surface area contributed by atoms with Crippen LogP contribution in [0.3, 0.4) is 0 Å². The Morgan fingerprint density at radius 3 is 2.52 bits per heavy atom. The van der Waals surface area contributed by atoms with Crippen molar-refractivity contribution >= 4 is 16.1 Å². The third-order valence-electron chi connectivity index (χ3n) is 3.80. The van der Waals surface area contributed by atoms with Gasteiger partial charge in [-0.3, -0.25) is 9.08 Å². The second-order valence-electron chi connectivity index (χ2n) is 5.84. The number of nitrogens with zero attached hydrogens (tertiary/aromatic N) is 1. The standard InChI is InChI=1S/C15H19F2NO6S/c1-25(21,22)24-13-6-12(9-23-15(16)17)18(8-13)7-10-2-4-11(5-3-10)14(19)20/h2-5,12-13,15H,6-9H2,1H3,(H,19,20)/t12-,13+/m0/s1. The average molecular weight is 379 g/mol. The van der Waals surface area contributed by atoms with Crippen molar-refractivity contribution in [2.75, 3.05) is 19.4 Å². The van der Waals surface area contributed by atoms with Gasteiger partial charge in [0, 0.05) is 19.1 Å². The predicted octanol–water partition coefficient (Wildman–Crippen LogP) is 1.54. The number of likely N-dealkylation sites (tertiary alicyclic amines) is 1. The molecule has 10 heteroatoms. The number of aromatic carboxylic acids is 1. The number of alkyl halides is 2. The zero-order valence-electron chi connectivity index (χ0n) is 13.5. The summed E-state index contributed by atoms with van der Waals surface area (Å²) in [5.74, 6) is -1.04. The molecule has 0 aromatic heterocycles. The van der Waals surface area contributed by atoms with Gasteiger partial charge >= 0.3 is 12.6 Å². The Hall–Kier alpha value is -1.62. The molecule has 2 rings (SSSR count). The van der Waals surface area contributed by atoms with Gasteiger partial charge in [-0.1, -0.05) is 12.1 Å². The fourth-order valence-corrected chi connectivity index (χ4v) is 3.43. The van der Waals surface area contributed by atoms with Crippen LogP contribution in [-0.4, -0.2) is 62.6 Å². The second-order valence-corrected chi connectivity index (χ2v) is 7.44. The van der Waals surface area contributed by atoms with Crippen LogP contribution in [0.15, 0.2) is 24.3 Å². The minimum Gasteiger partial charge on any atom is -0.478 e. The van der Waals surface area contributed by atoms with Crippen molar-refractivity contribution in [2.45, 2.75) is 31.7 Å². The molecule has 1 fully saturated rings. The van der Waals surface area contributed by atoms with Crippen LogP contribution in [-0.2, 0) is 25.6 Å². The summed E-state index contributed by atoms with van der Waals surface area (Å²) in [6.45, 7) is -2.59. The Kier molecular flexibility index (Phi) is 6.44. The fraction of sp³-hybridized carbons (Fsp3) is 0.533. The monoisotopic (exact) mass is 379 g/mol. The summed E-state index contributed by atoms with van der Waals surface area (Å²) in [6.07, 6.45) is 0.539. The zero-order chi connectivity index (χ0) is 18.6. The first-order chi connectivity index (χ1) is 11.6. The second kappa shape index (κ2) is 8.17. The maximum Gasteiger partial charge on any atom is 0.345 e. The molecule has 1 aliphatic heterocycles. The third kappa shape index (κ3) is 6.31. The Labute approximate surface area is 144 Å². The topological polar surface area (TPSA) is 93.1 Å². The lowest BCUT2D eigenvalue weighted by molar-refractivity contribution is -0.139. The number of hydrogen-bond acceptors (Lipinski definition) is 6. The van der Waals surface area contributed by atoms with E-state index in [-0.39, 0.29) is 25.1 Å². The quantitative estimate of drug-likeness (QED) is 0.685. The van der Waals surface area contributed by atoms with Gasteiger partial charge in [-0.25, -0.2) is 4.79 Å². The molecule has 0 aliphatic carbocycles. The first kappa shape index (κ1) is 19.7. The van der Waals surface area contributed by atoms with E-state index in [1.54, 1.807) is 17.0 Å². The maximum atomic E-state index is 12.3. The molecule has 0 amide bonds. The number of carboxylic acid groups (broad SMARTS) is 1. The van der Waals surface area contributed by atoms with Crippen molar-refractivity contribution in [2.24, 2.45) is 0 Å². The summed E-state index contributed by atoms with van der Waals surface area (Å²) in [7, 11) is -3.65. The fourth-order valence-electron chi connectivity index (χ4n) is 2.79. The van der Waals surface area contributed by atoms with Crippen molar-refractivity contribution in [3.05, 3.63) is 35.4 Å². The highest BCUT2D eigenvalue weighted by molar-refractivity contribution is 7.86. The van der Waals surface area contributed by atoms with Crippen LogP contribution in [0.2, 0.25) is 0 Å². The Morgan fingerprint density at radius 1 is 1.36 bits per heavy atom. The van der Waals surface area contributed by atoms with Crippen molar-refractivity contribution in [3.63, 3.8) is 0 Å². The normalized spacial score (nSPS) is 21.8. The summed E-state index contributed by atoms with van der Waals surface area (Å²) in [5, 5.41) is 8.90. The van der Waals surface area contributed by atoms with Crippen LogP contribution in [0.1, 0.15) is 22.3 Å². The van der Waals surface area contributed by atoms with Crippen LogP contribution in [0.5, 0.6) is 0 Å². The molecular weight excluding hydrogens is 360 g/mol. The summed E-state index contributed by atoms with van der Waals surface area (Å²) >= 11 is 0. The molecule has 1 saturated heterocycles. The van der Waals surface area contributed by atoms with Gasteiger partial charge in [0.05, 0.1) is 24.5 Å². The van der Waals surface area contributed by atoms with Crippen molar-refractivity contribution < 1.29 is 36.0 Å². The molecule has 0 spiro atoms. The molecule has 0 saturated carbocycles. The lowest BCUT2D eigenvalue weighted by Crippen LogP contribution is -2.33. The largest absolute Gasteiger partial charge is 0.478 e. The van der Waals surface area contributed by atoms with Crippen LogP contribution in [0.25, 0.3) is 0 Å². The minimum atomic E-state index is -3.65. The van der Waals surface area contributed by atoms with Crippen molar-refractivity contribution in [3.8, 4) is 0 Å². The average Bonchev–Trinajstić information content (AvgIpc) is 2.85. The van der Waals surface area contributed by atoms with Gasteiger partial charge in [-0.15, -0.1) is 0 Å². The van der Waals surface area contributed by atoms with E-state index >= 15 is 0 Å². The van der Waals surface area contributed by atoms with E-state index in [1.165, 1.54) is 12.1 Å².